The smallest absolute Gasteiger partial charge is 0.161 e. The Labute approximate surface area is 78.5 Å². The maximum Gasteiger partial charge on any atom is 0.161 e. The molecular weight excluding hydrogens is 164 g/mol. The van der Waals surface area contributed by atoms with Gasteiger partial charge in [-0.25, -0.2) is 0 Å². The van der Waals surface area contributed by atoms with Crippen LogP contribution in [0.4, 0.5) is 0 Å². The third-order valence-corrected chi connectivity index (χ3v) is 2.41. The molecule has 0 saturated heterocycles. The van der Waals surface area contributed by atoms with Gasteiger partial charge in [0.15, 0.2) is 11.5 Å². The molecule has 0 amide bonds. The lowest BCUT2D eigenvalue weighted by Gasteiger charge is -2.26. The molecule has 0 bridgehead atoms. The summed E-state index contributed by atoms with van der Waals surface area (Å²) in [4.78, 5) is 0. The minimum Gasteiger partial charge on any atom is -0.493 e. The van der Waals surface area contributed by atoms with Gasteiger partial charge in [0.2, 0.25) is 0 Å². The Morgan fingerprint density at radius 3 is 2.38 bits per heavy atom. The molecule has 70 valence electrons. The molecule has 0 aliphatic heterocycles. The normalized spacial score (nSPS) is 16.4. The van der Waals surface area contributed by atoms with Gasteiger partial charge in [-0.1, -0.05) is 12.1 Å². The largest absolute Gasteiger partial charge is 0.493 e. The van der Waals surface area contributed by atoms with Crippen LogP contribution >= 0.6 is 0 Å². The second kappa shape index (κ2) is 3.69. The predicted molar refractivity (Wildman–Crippen MR) is 51.3 cm³/mol. The van der Waals surface area contributed by atoms with Crippen LogP contribution in [0.5, 0.6) is 11.5 Å². The molecule has 0 radical (unpaired) electrons. The molecule has 0 heterocycles. The first kappa shape index (κ1) is 8.42. The first-order valence-electron chi connectivity index (χ1n) is 4.70. The van der Waals surface area contributed by atoms with Crippen LogP contribution in [0.15, 0.2) is 24.3 Å². The van der Waals surface area contributed by atoms with Crippen molar-refractivity contribution in [3.8, 4) is 11.5 Å². The van der Waals surface area contributed by atoms with Gasteiger partial charge in [0.05, 0.1) is 13.2 Å². The fraction of sp³-hybridized carbons (Fsp3) is 0.455. The van der Waals surface area contributed by atoms with E-state index < -0.39 is 0 Å². The standard InChI is InChI=1S/C11H14O2/c1-12-10-7-2-3-8-11(10)13-9-5-4-6-9/h2-3,7-9H,4-6H2,1H3. The van der Waals surface area contributed by atoms with Crippen LogP contribution < -0.4 is 9.47 Å². The highest BCUT2D eigenvalue weighted by atomic mass is 16.5. The van der Waals surface area contributed by atoms with Crippen LogP contribution in [0, 0.1) is 0 Å². The summed E-state index contributed by atoms with van der Waals surface area (Å²) in [7, 11) is 1.67. The zero-order chi connectivity index (χ0) is 9.10. The van der Waals surface area contributed by atoms with E-state index in [2.05, 4.69) is 0 Å². The van der Waals surface area contributed by atoms with Gasteiger partial charge in [-0.05, 0) is 31.4 Å². The Bertz CT molecular complexity index is 279. The lowest BCUT2D eigenvalue weighted by Crippen LogP contribution is -2.24. The first-order chi connectivity index (χ1) is 6.40. The fourth-order valence-electron chi connectivity index (χ4n) is 1.38. The number of ether oxygens (including phenoxy) is 2. The van der Waals surface area contributed by atoms with E-state index in [-0.39, 0.29) is 0 Å². The third kappa shape index (κ3) is 1.77. The van der Waals surface area contributed by atoms with Crippen LogP contribution in [0.25, 0.3) is 0 Å². The minimum atomic E-state index is 0.413. The Balaban J connectivity index is 2.08. The van der Waals surface area contributed by atoms with Crippen LogP contribution in [0.2, 0.25) is 0 Å². The molecule has 1 fully saturated rings. The average Bonchev–Trinajstić information content (AvgIpc) is 2.12. The molecule has 1 aliphatic carbocycles. The van der Waals surface area contributed by atoms with Crippen molar-refractivity contribution in [2.45, 2.75) is 25.4 Å². The van der Waals surface area contributed by atoms with Crippen molar-refractivity contribution in [1.82, 2.24) is 0 Å². The summed E-state index contributed by atoms with van der Waals surface area (Å²) in [6.45, 7) is 0. The van der Waals surface area contributed by atoms with Crippen molar-refractivity contribution >= 4 is 0 Å². The zero-order valence-corrected chi connectivity index (χ0v) is 7.82. The van der Waals surface area contributed by atoms with E-state index in [1.807, 2.05) is 24.3 Å². The summed E-state index contributed by atoms with van der Waals surface area (Å²) in [5.74, 6) is 1.70. The highest BCUT2D eigenvalue weighted by molar-refractivity contribution is 5.39. The molecular formula is C11H14O2. The minimum absolute atomic E-state index is 0.413. The molecule has 1 aliphatic rings. The third-order valence-electron chi connectivity index (χ3n) is 2.41. The van der Waals surface area contributed by atoms with Crippen molar-refractivity contribution in [2.24, 2.45) is 0 Å². The van der Waals surface area contributed by atoms with E-state index in [0.29, 0.717) is 6.10 Å². The monoisotopic (exact) mass is 178 g/mol. The van der Waals surface area contributed by atoms with Gasteiger partial charge in [0, 0.05) is 0 Å². The van der Waals surface area contributed by atoms with Gasteiger partial charge in [0.25, 0.3) is 0 Å². The highest BCUT2D eigenvalue weighted by Gasteiger charge is 2.20. The van der Waals surface area contributed by atoms with Crippen molar-refractivity contribution in [1.29, 1.82) is 0 Å². The summed E-state index contributed by atoms with van der Waals surface area (Å²) in [6.07, 6.45) is 4.06. The molecule has 0 aromatic heterocycles. The quantitative estimate of drug-likeness (QED) is 0.708. The predicted octanol–water partition coefficient (Wildman–Crippen LogP) is 2.63. The van der Waals surface area contributed by atoms with Gasteiger partial charge < -0.3 is 9.47 Å². The Morgan fingerprint density at radius 1 is 1.15 bits per heavy atom. The van der Waals surface area contributed by atoms with Crippen LogP contribution in [-0.4, -0.2) is 13.2 Å². The molecule has 2 nitrogen and oxygen atoms in total. The molecule has 13 heavy (non-hydrogen) atoms. The number of rotatable bonds is 3. The maximum absolute atomic E-state index is 5.75. The van der Waals surface area contributed by atoms with Gasteiger partial charge in [-0.15, -0.1) is 0 Å². The number of benzene rings is 1. The molecule has 2 rings (SSSR count). The summed E-state index contributed by atoms with van der Waals surface area (Å²) in [5.41, 5.74) is 0. The topological polar surface area (TPSA) is 18.5 Å². The Morgan fingerprint density at radius 2 is 1.85 bits per heavy atom. The van der Waals surface area contributed by atoms with Crippen LogP contribution in [0.3, 0.4) is 0 Å². The fourth-order valence-corrected chi connectivity index (χ4v) is 1.38. The molecule has 0 atom stereocenters. The molecule has 0 spiro atoms. The number of hydrogen-bond acceptors (Lipinski definition) is 2. The number of para-hydroxylation sites is 2. The molecule has 1 aromatic carbocycles. The Hall–Kier alpha value is -1.18. The molecule has 2 heteroatoms. The summed E-state index contributed by atoms with van der Waals surface area (Å²) >= 11 is 0. The molecule has 0 N–H and O–H groups in total. The second-order valence-electron chi connectivity index (χ2n) is 3.32. The van der Waals surface area contributed by atoms with Gasteiger partial charge >= 0.3 is 0 Å². The SMILES string of the molecule is COc1ccccc1OC1CCC1. The maximum atomic E-state index is 5.75. The second-order valence-corrected chi connectivity index (χ2v) is 3.32. The summed E-state index contributed by atoms with van der Waals surface area (Å²) < 4.78 is 10.9. The first-order valence-corrected chi connectivity index (χ1v) is 4.70. The van der Waals surface area contributed by atoms with Crippen molar-refractivity contribution < 1.29 is 9.47 Å². The highest BCUT2D eigenvalue weighted by Crippen LogP contribution is 2.31. The van der Waals surface area contributed by atoms with E-state index in [1.165, 1.54) is 19.3 Å². The number of hydrogen-bond donors (Lipinski definition) is 0. The lowest BCUT2D eigenvalue weighted by atomic mass is 9.96. The van der Waals surface area contributed by atoms with Crippen molar-refractivity contribution in [2.75, 3.05) is 7.11 Å². The van der Waals surface area contributed by atoms with E-state index in [4.69, 9.17) is 9.47 Å². The number of methoxy groups -OCH3 is 1. The lowest BCUT2D eigenvalue weighted by molar-refractivity contribution is 0.116. The van der Waals surface area contributed by atoms with E-state index in [1.54, 1.807) is 7.11 Å². The Kier molecular flexibility index (Phi) is 2.39. The van der Waals surface area contributed by atoms with Gasteiger partial charge in [-0.2, -0.15) is 0 Å². The van der Waals surface area contributed by atoms with E-state index >= 15 is 0 Å². The molecule has 1 aromatic rings. The van der Waals surface area contributed by atoms with E-state index in [9.17, 15) is 0 Å². The summed E-state index contributed by atoms with van der Waals surface area (Å²) in [6, 6.07) is 7.80. The van der Waals surface area contributed by atoms with E-state index in [0.717, 1.165) is 11.5 Å². The van der Waals surface area contributed by atoms with Crippen molar-refractivity contribution in [3.63, 3.8) is 0 Å². The molecule has 0 unspecified atom stereocenters. The van der Waals surface area contributed by atoms with Crippen LogP contribution in [0.1, 0.15) is 19.3 Å². The summed E-state index contributed by atoms with van der Waals surface area (Å²) in [5, 5.41) is 0. The van der Waals surface area contributed by atoms with Gasteiger partial charge in [-0.3, -0.25) is 0 Å². The van der Waals surface area contributed by atoms with Gasteiger partial charge in [0.1, 0.15) is 0 Å². The zero-order valence-electron chi connectivity index (χ0n) is 7.82. The average molecular weight is 178 g/mol. The van der Waals surface area contributed by atoms with Crippen LogP contribution in [-0.2, 0) is 0 Å². The van der Waals surface area contributed by atoms with Crippen molar-refractivity contribution in [3.05, 3.63) is 24.3 Å². The molecule has 1 saturated carbocycles.